The summed E-state index contributed by atoms with van der Waals surface area (Å²) in [7, 11) is -0.326. The molecule has 1 N–H and O–H groups in total. The van der Waals surface area contributed by atoms with E-state index in [2.05, 4.69) is 48.6 Å². The first-order valence-corrected chi connectivity index (χ1v) is 11.6. The first-order chi connectivity index (χ1) is 13.8. The lowest BCUT2D eigenvalue weighted by Crippen LogP contribution is -2.47. The molecule has 1 aliphatic heterocycles. The standard InChI is InChI=1S/C22H31N3O3S/c1-17(15-20-9-6-8-18-7-4-5-10-21(18)20)16-23-22(26)19-11-13-25(14-12-19)29(27,28)24(2)3/h4-10,17,19H,11-16H2,1-3H3,(H,23,26)/t17-/m1/s1. The number of piperidine rings is 1. The van der Waals surface area contributed by atoms with Crippen LogP contribution in [0.2, 0.25) is 0 Å². The van der Waals surface area contributed by atoms with Gasteiger partial charge in [-0.05, 0) is 41.5 Å². The number of nitrogens with one attached hydrogen (secondary N) is 1. The van der Waals surface area contributed by atoms with Crippen LogP contribution in [-0.4, -0.2) is 56.7 Å². The SMILES string of the molecule is C[C@@H](CNC(=O)C1CCN(S(=O)(=O)N(C)C)CC1)Cc1cccc2ccccc12. The summed E-state index contributed by atoms with van der Waals surface area (Å²) >= 11 is 0. The minimum absolute atomic E-state index is 0.0386. The molecule has 1 amide bonds. The smallest absolute Gasteiger partial charge is 0.281 e. The van der Waals surface area contributed by atoms with Crippen molar-refractivity contribution in [3.05, 3.63) is 48.0 Å². The van der Waals surface area contributed by atoms with Crippen LogP contribution in [0.3, 0.4) is 0 Å². The quantitative estimate of drug-likeness (QED) is 0.753. The number of fused-ring (bicyclic) bond motifs is 1. The van der Waals surface area contributed by atoms with Gasteiger partial charge in [-0.2, -0.15) is 17.0 Å². The van der Waals surface area contributed by atoms with E-state index in [0.717, 1.165) is 6.42 Å². The molecule has 0 unspecified atom stereocenters. The Morgan fingerprint density at radius 3 is 2.48 bits per heavy atom. The van der Waals surface area contributed by atoms with Crippen molar-refractivity contribution in [3.63, 3.8) is 0 Å². The van der Waals surface area contributed by atoms with Gasteiger partial charge in [0.15, 0.2) is 0 Å². The normalized spacial score (nSPS) is 17.5. The maximum absolute atomic E-state index is 12.6. The maximum Gasteiger partial charge on any atom is 0.281 e. The second-order valence-corrected chi connectivity index (χ2v) is 10.3. The molecule has 2 aromatic rings. The zero-order valence-electron chi connectivity index (χ0n) is 17.5. The average Bonchev–Trinajstić information content (AvgIpc) is 2.72. The summed E-state index contributed by atoms with van der Waals surface area (Å²) in [6, 6.07) is 14.7. The second-order valence-electron chi connectivity index (χ2n) is 8.16. The Morgan fingerprint density at radius 2 is 1.79 bits per heavy atom. The van der Waals surface area contributed by atoms with Crippen LogP contribution in [0.1, 0.15) is 25.3 Å². The van der Waals surface area contributed by atoms with E-state index in [0.29, 0.717) is 38.4 Å². The summed E-state index contributed by atoms with van der Waals surface area (Å²) in [5.41, 5.74) is 1.30. The topological polar surface area (TPSA) is 69.7 Å². The third-order valence-electron chi connectivity index (χ3n) is 5.69. The molecule has 158 valence electrons. The Kier molecular flexibility index (Phi) is 6.93. The fourth-order valence-electron chi connectivity index (χ4n) is 3.92. The van der Waals surface area contributed by atoms with Crippen LogP contribution in [0, 0.1) is 11.8 Å². The van der Waals surface area contributed by atoms with E-state index in [1.807, 2.05) is 6.07 Å². The molecule has 0 aromatic heterocycles. The van der Waals surface area contributed by atoms with Gasteiger partial charge in [0, 0.05) is 39.6 Å². The van der Waals surface area contributed by atoms with Gasteiger partial charge in [0.1, 0.15) is 0 Å². The molecule has 1 heterocycles. The highest BCUT2D eigenvalue weighted by atomic mass is 32.2. The minimum Gasteiger partial charge on any atom is -0.356 e. The van der Waals surface area contributed by atoms with Crippen LogP contribution >= 0.6 is 0 Å². The zero-order chi connectivity index (χ0) is 21.0. The second kappa shape index (κ2) is 9.24. The van der Waals surface area contributed by atoms with Crippen molar-refractivity contribution < 1.29 is 13.2 Å². The molecule has 3 rings (SSSR count). The Bertz CT molecular complexity index is 945. The molecule has 1 atom stereocenters. The van der Waals surface area contributed by atoms with Gasteiger partial charge >= 0.3 is 0 Å². The summed E-state index contributed by atoms with van der Waals surface area (Å²) in [6.45, 7) is 3.56. The van der Waals surface area contributed by atoms with Crippen LogP contribution in [-0.2, 0) is 21.4 Å². The Morgan fingerprint density at radius 1 is 1.14 bits per heavy atom. The molecule has 1 saturated heterocycles. The predicted octanol–water partition coefficient (Wildman–Crippen LogP) is 2.65. The fourth-order valence-corrected chi connectivity index (χ4v) is 5.05. The highest BCUT2D eigenvalue weighted by Crippen LogP contribution is 2.22. The van der Waals surface area contributed by atoms with Crippen molar-refractivity contribution >= 4 is 26.9 Å². The van der Waals surface area contributed by atoms with Crippen LogP contribution in [0.5, 0.6) is 0 Å². The van der Waals surface area contributed by atoms with Crippen molar-refractivity contribution in [1.82, 2.24) is 13.9 Å². The average molecular weight is 418 g/mol. The third kappa shape index (κ3) is 5.15. The molecule has 6 nitrogen and oxygen atoms in total. The van der Waals surface area contributed by atoms with E-state index in [4.69, 9.17) is 0 Å². The molecule has 0 spiro atoms. The molecule has 0 aliphatic carbocycles. The number of benzene rings is 2. The van der Waals surface area contributed by atoms with Crippen molar-refractivity contribution in [2.75, 3.05) is 33.7 Å². The largest absolute Gasteiger partial charge is 0.356 e. The van der Waals surface area contributed by atoms with Crippen LogP contribution in [0.25, 0.3) is 10.8 Å². The number of carbonyl (C=O) groups is 1. The molecule has 7 heteroatoms. The Hall–Kier alpha value is -1.96. The Labute approximate surface area is 174 Å². The molecule has 0 saturated carbocycles. The van der Waals surface area contributed by atoms with Gasteiger partial charge in [0.05, 0.1) is 0 Å². The van der Waals surface area contributed by atoms with Gasteiger partial charge in [0.25, 0.3) is 10.2 Å². The Balaban J connectivity index is 1.49. The van der Waals surface area contributed by atoms with Gasteiger partial charge in [-0.1, -0.05) is 49.4 Å². The summed E-state index contributed by atoms with van der Waals surface area (Å²) < 4.78 is 27.1. The van der Waals surface area contributed by atoms with Crippen molar-refractivity contribution in [2.24, 2.45) is 11.8 Å². The van der Waals surface area contributed by atoms with E-state index in [1.54, 1.807) is 0 Å². The number of rotatable bonds is 7. The molecular weight excluding hydrogens is 386 g/mol. The zero-order valence-corrected chi connectivity index (χ0v) is 18.3. The maximum atomic E-state index is 12.6. The van der Waals surface area contributed by atoms with Gasteiger partial charge in [-0.3, -0.25) is 4.79 Å². The molecule has 2 aromatic carbocycles. The van der Waals surface area contributed by atoms with Crippen molar-refractivity contribution in [3.8, 4) is 0 Å². The first-order valence-electron chi connectivity index (χ1n) is 10.2. The molecule has 1 aliphatic rings. The number of amides is 1. The molecule has 1 fully saturated rings. The molecule has 0 radical (unpaired) electrons. The lowest BCUT2D eigenvalue weighted by Gasteiger charge is -2.32. The van der Waals surface area contributed by atoms with Gasteiger partial charge in [-0.25, -0.2) is 0 Å². The number of hydrogen-bond donors (Lipinski definition) is 1. The highest BCUT2D eigenvalue weighted by molar-refractivity contribution is 7.86. The fraction of sp³-hybridized carbons (Fsp3) is 0.500. The summed E-state index contributed by atoms with van der Waals surface area (Å²) in [5, 5.41) is 5.58. The number of carbonyl (C=O) groups excluding carboxylic acids is 1. The van der Waals surface area contributed by atoms with Gasteiger partial charge in [-0.15, -0.1) is 0 Å². The lowest BCUT2D eigenvalue weighted by atomic mass is 9.94. The van der Waals surface area contributed by atoms with E-state index in [1.165, 1.54) is 39.0 Å². The summed E-state index contributed by atoms with van der Waals surface area (Å²) in [4.78, 5) is 12.6. The summed E-state index contributed by atoms with van der Waals surface area (Å²) in [6.07, 6.45) is 2.04. The lowest BCUT2D eigenvalue weighted by molar-refractivity contribution is -0.126. The van der Waals surface area contributed by atoms with E-state index in [-0.39, 0.29) is 11.8 Å². The van der Waals surface area contributed by atoms with E-state index >= 15 is 0 Å². The third-order valence-corrected chi connectivity index (χ3v) is 7.63. The summed E-state index contributed by atoms with van der Waals surface area (Å²) in [5.74, 6) is 0.240. The van der Waals surface area contributed by atoms with Gasteiger partial charge in [0.2, 0.25) is 5.91 Å². The molecular formula is C22H31N3O3S. The van der Waals surface area contributed by atoms with Crippen molar-refractivity contribution in [1.29, 1.82) is 0 Å². The highest BCUT2D eigenvalue weighted by Gasteiger charge is 2.32. The van der Waals surface area contributed by atoms with E-state index in [9.17, 15) is 13.2 Å². The predicted molar refractivity (Wildman–Crippen MR) is 117 cm³/mol. The molecule has 29 heavy (non-hydrogen) atoms. The van der Waals surface area contributed by atoms with Crippen LogP contribution in [0.4, 0.5) is 0 Å². The van der Waals surface area contributed by atoms with E-state index < -0.39 is 10.2 Å². The monoisotopic (exact) mass is 417 g/mol. The number of nitrogens with zero attached hydrogens (tertiary/aromatic N) is 2. The van der Waals surface area contributed by atoms with Gasteiger partial charge < -0.3 is 5.32 Å². The number of hydrogen-bond acceptors (Lipinski definition) is 3. The van der Waals surface area contributed by atoms with Crippen LogP contribution in [0.15, 0.2) is 42.5 Å². The minimum atomic E-state index is -3.39. The molecule has 0 bridgehead atoms. The van der Waals surface area contributed by atoms with Crippen molar-refractivity contribution in [2.45, 2.75) is 26.2 Å². The van der Waals surface area contributed by atoms with Crippen LogP contribution < -0.4 is 5.32 Å². The first kappa shape index (κ1) is 21.7.